The fourth-order valence-electron chi connectivity index (χ4n) is 2.76. The minimum atomic E-state index is -3.58. The van der Waals surface area contributed by atoms with E-state index in [1.165, 1.54) is 4.31 Å². The van der Waals surface area contributed by atoms with E-state index in [1.54, 1.807) is 18.2 Å². The van der Waals surface area contributed by atoms with Gasteiger partial charge in [-0.15, -0.1) is 0 Å². The first-order chi connectivity index (χ1) is 9.46. The standard InChI is InChI=1S/C14H22N2O3S/c1-11-5-6-14(13(15)10-11)20(18,19)16-8-3-2-4-12(16)7-9-17/h5-6,10,12,17H,2-4,7-9,15H2,1H3. The summed E-state index contributed by atoms with van der Waals surface area (Å²) in [5.74, 6) is 0. The van der Waals surface area contributed by atoms with Gasteiger partial charge in [0.25, 0.3) is 0 Å². The average molecular weight is 298 g/mol. The number of nitrogens with two attached hydrogens (primary N) is 1. The monoisotopic (exact) mass is 298 g/mol. The van der Waals surface area contributed by atoms with Gasteiger partial charge >= 0.3 is 0 Å². The van der Waals surface area contributed by atoms with Crippen LogP contribution in [0.1, 0.15) is 31.2 Å². The highest BCUT2D eigenvalue weighted by Crippen LogP contribution is 2.29. The highest BCUT2D eigenvalue weighted by atomic mass is 32.2. The number of aliphatic hydroxyl groups excluding tert-OH is 1. The van der Waals surface area contributed by atoms with Crippen molar-refractivity contribution >= 4 is 15.7 Å². The molecule has 5 nitrogen and oxygen atoms in total. The zero-order valence-electron chi connectivity index (χ0n) is 11.7. The van der Waals surface area contributed by atoms with Crippen LogP contribution >= 0.6 is 0 Å². The van der Waals surface area contributed by atoms with Crippen LogP contribution in [-0.4, -0.2) is 37.0 Å². The second-order valence-corrected chi connectivity index (χ2v) is 7.18. The number of sulfonamides is 1. The van der Waals surface area contributed by atoms with E-state index in [1.807, 2.05) is 6.92 Å². The molecule has 1 heterocycles. The Hall–Kier alpha value is -1.11. The number of rotatable bonds is 4. The lowest BCUT2D eigenvalue weighted by atomic mass is 10.0. The highest BCUT2D eigenvalue weighted by Gasteiger charge is 2.34. The third-order valence-corrected chi connectivity index (χ3v) is 5.81. The van der Waals surface area contributed by atoms with E-state index in [4.69, 9.17) is 10.8 Å². The normalized spacial score (nSPS) is 21.0. The minimum absolute atomic E-state index is 0.0000661. The number of hydrogen-bond acceptors (Lipinski definition) is 4. The molecule has 1 unspecified atom stereocenters. The van der Waals surface area contributed by atoms with Crippen molar-refractivity contribution < 1.29 is 13.5 Å². The van der Waals surface area contributed by atoms with Crippen molar-refractivity contribution in [1.29, 1.82) is 0 Å². The zero-order chi connectivity index (χ0) is 14.8. The van der Waals surface area contributed by atoms with E-state index in [9.17, 15) is 8.42 Å². The molecule has 2 rings (SSSR count). The second kappa shape index (κ2) is 6.11. The van der Waals surface area contributed by atoms with Crippen LogP contribution in [0, 0.1) is 6.92 Å². The molecule has 6 heteroatoms. The molecular formula is C14H22N2O3S. The number of nitrogen functional groups attached to an aromatic ring is 1. The predicted octanol–water partition coefficient (Wildman–Crippen LogP) is 1.50. The van der Waals surface area contributed by atoms with Crippen LogP contribution in [0.2, 0.25) is 0 Å². The smallest absolute Gasteiger partial charge is 0.245 e. The molecule has 0 radical (unpaired) electrons. The number of benzene rings is 1. The first-order valence-corrected chi connectivity index (χ1v) is 8.39. The fourth-order valence-corrected chi connectivity index (χ4v) is 4.58. The summed E-state index contributed by atoms with van der Waals surface area (Å²) in [6, 6.07) is 4.89. The third kappa shape index (κ3) is 2.97. The molecule has 0 aliphatic carbocycles. The van der Waals surface area contributed by atoms with Gasteiger partial charge in [-0.1, -0.05) is 12.5 Å². The molecule has 1 atom stereocenters. The summed E-state index contributed by atoms with van der Waals surface area (Å²) in [6.45, 7) is 2.38. The highest BCUT2D eigenvalue weighted by molar-refractivity contribution is 7.89. The molecule has 0 bridgehead atoms. The summed E-state index contributed by atoms with van der Waals surface area (Å²) in [6.07, 6.45) is 3.13. The average Bonchev–Trinajstić information content (AvgIpc) is 2.39. The lowest BCUT2D eigenvalue weighted by molar-refractivity contribution is 0.192. The first kappa shape index (κ1) is 15.3. The van der Waals surface area contributed by atoms with Gasteiger partial charge in [-0.2, -0.15) is 4.31 Å². The Labute approximate surface area is 120 Å². The van der Waals surface area contributed by atoms with Gasteiger partial charge in [-0.25, -0.2) is 8.42 Å². The van der Waals surface area contributed by atoms with Crippen LogP contribution in [0.4, 0.5) is 5.69 Å². The van der Waals surface area contributed by atoms with Crippen molar-refractivity contribution in [3.8, 4) is 0 Å². The Morgan fingerprint density at radius 1 is 1.40 bits per heavy atom. The molecule has 1 aliphatic heterocycles. The maximum absolute atomic E-state index is 12.8. The Morgan fingerprint density at radius 3 is 2.80 bits per heavy atom. The van der Waals surface area contributed by atoms with Gasteiger partial charge in [0.05, 0.1) is 5.69 Å². The van der Waals surface area contributed by atoms with Crippen LogP contribution in [0.3, 0.4) is 0 Å². The fraction of sp³-hybridized carbons (Fsp3) is 0.571. The molecule has 20 heavy (non-hydrogen) atoms. The van der Waals surface area contributed by atoms with Crippen LogP contribution in [0.25, 0.3) is 0 Å². The van der Waals surface area contributed by atoms with E-state index >= 15 is 0 Å². The molecule has 0 saturated carbocycles. The number of piperidine rings is 1. The van der Waals surface area contributed by atoms with Crippen LogP contribution in [-0.2, 0) is 10.0 Å². The Balaban J connectivity index is 2.37. The molecule has 1 aromatic rings. The SMILES string of the molecule is Cc1ccc(S(=O)(=O)N2CCCCC2CCO)c(N)c1. The number of hydrogen-bond donors (Lipinski definition) is 2. The van der Waals surface area contributed by atoms with Crippen molar-refractivity contribution in [2.45, 2.75) is 43.5 Å². The molecule has 112 valence electrons. The number of anilines is 1. The quantitative estimate of drug-likeness (QED) is 0.825. The van der Waals surface area contributed by atoms with E-state index in [-0.39, 0.29) is 17.5 Å². The largest absolute Gasteiger partial charge is 0.398 e. The molecular weight excluding hydrogens is 276 g/mol. The lowest BCUT2D eigenvalue weighted by Gasteiger charge is -2.34. The van der Waals surface area contributed by atoms with Gasteiger partial charge in [0.2, 0.25) is 10.0 Å². The van der Waals surface area contributed by atoms with E-state index in [0.29, 0.717) is 18.7 Å². The summed E-state index contributed by atoms with van der Waals surface area (Å²) in [7, 11) is -3.58. The molecule has 1 fully saturated rings. The molecule has 1 saturated heterocycles. The van der Waals surface area contributed by atoms with Gasteiger partial charge in [0.1, 0.15) is 4.90 Å². The molecule has 1 aliphatic rings. The Bertz CT molecular complexity index is 570. The van der Waals surface area contributed by atoms with Crippen LogP contribution in [0.15, 0.2) is 23.1 Å². The van der Waals surface area contributed by atoms with Gasteiger partial charge < -0.3 is 10.8 Å². The van der Waals surface area contributed by atoms with Crippen molar-refractivity contribution in [3.05, 3.63) is 23.8 Å². The third-order valence-electron chi connectivity index (χ3n) is 3.79. The predicted molar refractivity (Wildman–Crippen MR) is 78.8 cm³/mol. The summed E-state index contributed by atoms with van der Waals surface area (Å²) >= 11 is 0. The number of aryl methyl sites for hydroxylation is 1. The summed E-state index contributed by atoms with van der Waals surface area (Å²) in [5.41, 5.74) is 7.11. The Morgan fingerprint density at radius 2 is 2.15 bits per heavy atom. The minimum Gasteiger partial charge on any atom is -0.398 e. The number of nitrogens with zero attached hydrogens (tertiary/aromatic N) is 1. The molecule has 0 aromatic heterocycles. The summed E-state index contributed by atoms with van der Waals surface area (Å²) in [4.78, 5) is 0.174. The zero-order valence-corrected chi connectivity index (χ0v) is 12.6. The summed E-state index contributed by atoms with van der Waals surface area (Å²) < 4.78 is 27.0. The topological polar surface area (TPSA) is 83.6 Å². The van der Waals surface area contributed by atoms with Gasteiger partial charge in [0, 0.05) is 19.2 Å². The molecule has 1 aromatic carbocycles. The van der Waals surface area contributed by atoms with E-state index < -0.39 is 10.0 Å². The van der Waals surface area contributed by atoms with Gasteiger partial charge in [-0.3, -0.25) is 0 Å². The lowest BCUT2D eigenvalue weighted by Crippen LogP contribution is -2.44. The maximum atomic E-state index is 12.8. The maximum Gasteiger partial charge on any atom is 0.245 e. The van der Waals surface area contributed by atoms with E-state index in [0.717, 1.165) is 24.8 Å². The van der Waals surface area contributed by atoms with Crippen molar-refractivity contribution in [2.24, 2.45) is 0 Å². The van der Waals surface area contributed by atoms with Crippen LogP contribution in [0.5, 0.6) is 0 Å². The van der Waals surface area contributed by atoms with Gasteiger partial charge in [-0.05, 0) is 43.9 Å². The second-order valence-electron chi connectivity index (χ2n) is 5.32. The van der Waals surface area contributed by atoms with Crippen molar-refractivity contribution in [2.75, 3.05) is 18.9 Å². The molecule has 0 amide bonds. The Kier molecular flexibility index (Phi) is 4.67. The van der Waals surface area contributed by atoms with Crippen molar-refractivity contribution in [3.63, 3.8) is 0 Å². The first-order valence-electron chi connectivity index (χ1n) is 6.95. The van der Waals surface area contributed by atoms with Crippen LogP contribution < -0.4 is 5.73 Å². The van der Waals surface area contributed by atoms with Crippen molar-refractivity contribution in [1.82, 2.24) is 4.31 Å². The summed E-state index contributed by atoms with van der Waals surface area (Å²) in [5, 5.41) is 9.12. The molecule has 3 N–H and O–H groups in total. The van der Waals surface area contributed by atoms with E-state index in [2.05, 4.69) is 0 Å². The molecule has 0 spiro atoms. The van der Waals surface area contributed by atoms with Gasteiger partial charge in [0.15, 0.2) is 0 Å². The number of aliphatic hydroxyl groups is 1.